The molecule has 5 heterocycles. The first-order chi connectivity index (χ1) is 13.6. The van der Waals surface area contributed by atoms with Gasteiger partial charge in [-0.3, -0.25) is 9.38 Å². The van der Waals surface area contributed by atoms with Crippen molar-refractivity contribution >= 4 is 32.6 Å². The molecule has 0 saturated heterocycles. The fourth-order valence-corrected chi connectivity index (χ4v) is 3.53. The zero-order valence-electron chi connectivity index (χ0n) is 14.8. The first-order valence-electron chi connectivity index (χ1n) is 8.63. The van der Waals surface area contributed by atoms with Gasteiger partial charge in [0.25, 0.3) is 0 Å². The average molecular weight is 434 g/mol. The van der Waals surface area contributed by atoms with E-state index in [-0.39, 0.29) is 5.82 Å². The molecule has 0 fully saturated rings. The van der Waals surface area contributed by atoms with Crippen molar-refractivity contribution in [2.24, 2.45) is 0 Å². The highest BCUT2D eigenvalue weighted by Gasteiger charge is 2.19. The fourth-order valence-electron chi connectivity index (χ4n) is 3.21. The van der Waals surface area contributed by atoms with Crippen molar-refractivity contribution in [2.75, 3.05) is 0 Å². The van der Waals surface area contributed by atoms with Crippen LogP contribution < -0.4 is 0 Å². The van der Waals surface area contributed by atoms with Crippen LogP contribution in [0.5, 0.6) is 0 Å². The van der Waals surface area contributed by atoms with Gasteiger partial charge in [-0.05, 0) is 65.3 Å². The summed E-state index contributed by atoms with van der Waals surface area (Å²) < 4.78 is 16.6. The van der Waals surface area contributed by atoms with Crippen LogP contribution in [0.1, 0.15) is 5.69 Å². The summed E-state index contributed by atoms with van der Waals surface area (Å²) in [7, 11) is 0. The lowest BCUT2D eigenvalue weighted by Crippen LogP contribution is -1.96. The number of hydrogen-bond donors (Lipinski definition) is 0. The second-order valence-corrected chi connectivity index (χ2v) is 7.31. The number of imidazole rings is 1. The average Bonchev–Trinajstić information content (AvgIpc) is 3.09. The molecular formula is C21H13BrFN5. The molecule has 0 aromatic carbocycles. The molecule has 0 amide bonds. The number of pyridine rings is 4. The van der Waals surface area contributed by atoms with Crippen LogP contribution >= 0.6 is 15.9 Å². The maximum atomic E-state index is 13.7. The highest BCUT2D eigenvalue weighted by atomic mass is 79.9. The number of aromatic nitrogens is 5. The summed E-state index contributed by atoms with van der Waals surface area (Å²) in [6, 6.07) is 14.6. The minimum atomic E-state index is -0.339. The van der Waals surface area contributed by atoms with Gasteiger partial charge in [-0.25, -0.2) is 19.3 Å². The van der Waals surface area contributed by atoms with Crippen LogP contribution in [-0.2, 0) is 0 Å². The van der Waals surface area contributed by atoms with Crippen molar-refractivity contribution in [1.29, 1.82) is 0 Å². The van der Waals surface area contributed by atoms with Gasteiger partial charge in [0.05, 0.1) is 28.1 Å². The smallest absolute Gasteiger partial charge is 0.144 e. The van der Waals surface area contributed by atoms with Gasteiger partial charge >= 0.3 is 0 Å². The highest BCUT2D eigenvalue weighted by molar-refractivity contribution is 9.10. The number of fused-ring (bicyclic) bond motifs is 2. The minimum Gasteiger partial charge on any atom is -0.298 e. The highest BCUT2D eigenvalue weighted by Crippen LogP contribution is 2.32. The lowest BCUT2D eigenvalue weighted by atomic mass is 10.1. The SMILES string of the molecule is Cc1nc(-c2nc3ccccn3c2-c2ccc3ncc(Br)cc3n2)ccc1F. The summed E-state index contributed by atoms with van der Waals surface area (Å²) in [6.07, 6.45) is 3.68. The standard InChI is InChI=1S/C21H13BrFN5/c1-12-14(23)5-6-16(25-12)20-21(28-9-3-2-4-19(28)27-20)17-8-7-15-18(26-17)10-13(22)11-24-15/h2-11H,1H3. The molecular weight excluding hydrogens is 421 g/mol. The van der Waals surface area contributed by atoms with Gasteiger partial charge in [0.2, 0.25) is 0 Å². The van der Waals surface area contributed by atoms with Crippen LogP contribution in [0, 0.1) is 12.7 Å². The van der Waals surface area contributed by atoms with Crippen molar-refractivity contribution in [3.05, 3.63) is 76.9 Å². The van der Waals surface area contributed by atoms with E-state index in [0.717, 1.165) is 32.5 Å². The summed E-state index contributed by atoms with van der Waals surface area (Å²) in [5, 5.41) is 0. The third kappa shape index (κ3) is 2.75. The van der Waals surface area contributed by atoms with Gasteiger partial charge in [-0.1, -0.05) is 6.07 Å². The van der Waals surface area contributed by atoms with Gasteiger partial charge in [0.1, 0.15) is 22.9 Å². The molecule has 5 rings (SSSR count). The van der Waals surface area contributed by atoms with Crippen LogP contribution in [0.25, 0.3) is 39.5 Å². The zero-order valence-corrected chi connectivity index (χ0v) is 16.4. The largest absolute Gasteiger partial charge is 0.298 e. The molecule has 136 valence electrons. The first-order valence-corrected chi connectivity index (χ1v) is 9.43. The molecule has 28 heavy (non-hydrogen) atoms. The lowest BCUT2D eigenvalue weighted by molar-refractivity contribution is 0.610. The van der Waals surface area contributed by atoms with Gasteiger partial charge in [-0.2, -0.15) is 0 Å². The Morgan fingerprint density at radius 3 is 2.64 bits per heavy atom. The third-order valence-electron chi connectivity index (χ3n) is 4.54. The van der Waals surface area contributed by atoms with Crippen LogP contribution in [0.4, 0.5) is 4.39 Å². The van der Waals surface area contributed by atoms with Crippen molar-refractivity contribution in [2.45, 2.75) is 6.92 Å². The summed E-state index contributed by atoms with van der Waals surface area (Å²) in [6.45, 7) is 1.64. The van der Waals surface area contributed by atoms with Gasteiger partial charge in [0.15, 0.2) is 0 Å². The quantitative estimate of drug-likeness (QED) is 0.383. The first kappa shape index (κ1) is 16.9. The van der Waals surface area contributed by atoms with Gasteiger partial charge in [-0.15, -0.1) is 0 Å². The monoisotopic (exact) mass is 433 g/mol. The Kier molecular flexibility index (Phi) is 3.91. The maximum absolute atomic E-state index is 13.7. The lowest BCUT2D eigenvalue weighted by Gasteiger charge is -2.07. The molecule has 5 nitrogen and oxygen atoms in total. The van der Waals surface area contributed by atoms with Gasteiger partial charge < -0.3 is 0 Å². The van der Waals surface area contributed by atoms with Crippen LogP contribution in [0.3, 0.4) is 0 Å². The van der Waals surface area contributed by atoms with Crippen LogP contribution in [0.15, 0.2) is 65.4 Å². The van der Waals surface area contributed by atoms with Crippen LogP contribution in [-0.4, -0.2) is 24.3 Å². The Morgan fingerprint density at radius 2 is 1.79 bits per heavy atom. The molecule has 0 radical (unpaired) electrons. The topological polar surface area (TPSA) is 56.0 Å². The summed E-state index contributed by atoms with van der Waals surface area (Å²) in [5.41, 5.74) is 5.48. The van der Waals surface area contributed by atoms with E-state index in [1.54, 1.807) is 19.2 Å². The van der Waals surface area contributed by atoms with Gasteiger partial charge in [0, 0.05) is 16.9 Å². The Hall–Kier alpha value is -3.19. The molecule has 0 N–H and O–H groups in total. The molecule has 0 bridgehead atoms. The molecule has 0 saturated carbocycles. The second kappa shape index (κ2) is 6.45. The van der Waals surface area contributed by atoms with Crippen molar-refractivity contribution in [1.82, 2.24) is 24.3 Å². The van der Waals surface area contributed by atoms with E-state index in [0.29, 0.717) is 17.1 Å². The van der Waals surface area contributed by atoms with Crippen LogP contribution in [0.2, 0.25) is 0 Å². The predicted octanol–water partition coefficient (Wildman–Crippen LogP) is 5.22. The fraction of sp³-hybridized carbons (Fsp3) is 0.0476. The molecule has 7 heteroatoms. The van der Waals surface area contributed by atoms with E-state index >= 15 is 0 Å². The van der Waals surface area contributed by atoms with E-state index in [4.69, 9.17) is 9.97 Å². The number of nitrogens with zero attached hydrogens (tertiary/aromatic N) is 5. The molecule has 0 atom stereocenters. The Bertz CT molecular complexity index is 1360. The van der Waals surface area contributed by atoms with Crippen molar-refractivity contribution < 1.29 is 4.39 Å². The molecule has 0 unspecified atom stereocenters. The number of halogens is 2. The Labute approximate surface area is 168 Å². The molecule has 0 aliphatic carbocycles. The zero-order chi connectivity index (χ0) is 19.3. The molecule has 0 aliphatic rings. The molecule has 5 aromatic rings. The summed E-state index contributed by atoms with van der Waals surface area (Å²) >= 11 is 3.45. The normalized spacial score (nSPS) is 11.4. The minimum absolute atomic E-state index is 0.333. The van der Waals surface area contributed by atoms with Crippen molar-refractivity contribution in [3.8, 4) is 22.8 Å². The molecule has 5 aromatic heterocycles. The van der Waals surface area contributed by atoms with E-state index in [1.807, 2.05) is 47.0 Å². The number of aryl methyl sites for hydroxylation is 1. The van der Waals surface area contributed by atoms with E-state index < -0.39 is 0 Å². The van der Waals surface area contributed by atoms with E-state index in [1.165, 1.54) is 6.07 Å². The summed E-state index contributed by atoms with van der Waals surface area (Å²) in [4.78, 5) is 18.3. The second-order valence-electron chi connectivity index (χ2n) is 6.39. The predicted molar refractivity (Wildman–Crippen MR) is 109 cm³/mol. The summed E-state index contributed by atoms with van der Waals surface area (Å²) in [5.74, 6) is -0.339. The molecule has 0 aliphatic heterocycles. The molecule has 0 spiro atoms. The van der Waals surface area contributed by atoms with Crippen molar-refractivity contribution in [3.63, 3.8) is 0 Å². The van der Waals surface area contributed by atoms with E-state index in [9.17, 15) is 4.39 Å². The maximum Gasteiger partial charge on any atom is 0.144 e. The Balaban J connectivity index is 1.82. The van der Waals surface area contributed by atoms with E-state index in [2.05, 4.69) is 25.9 Å². The third-order valence-corrected chi connectivity index (χ3v) is 4.97. The number of hydrogen-bond acceptors (Lipinski definition) is 4. The Morgan fingerprint density at radius 1 is 0.929 bits per heavy atom. The number of rotatable bonds is 2.